The number of benzene rings is 2. The summed E-state index contributed by atoms with van der Waals surface area (Å²) in [4.78, 5) is 13.2. The summed E-state index contributed by atoms with van der Waals surface area (Å²) in [5, 5.41) is 4.42. The van der Waals surface area contributed by atoms with Gasteiger partial charge in [0.15, 0.2) is 0 Å². The van der Waals surface area contributed by atoms with Gasteiger partial charge in [-0.3, -0.25) is 9.55 Å². The first-order chi connectivity index (χ1) is 15.7. The van der Waals surface area contributed by atoms with Gasteiger partial charge < -0.3 is 14.7 Å². The first-order valence-corrected chi connectivity index (χ1v) is 12.5. The lowest BCUT2D eigenvalue weighted by atomic mass is 10.0. The summed E-state index contributed by atoms with van der Waals surface area (Å²) in [6.07, 6.45) is 8.03. The Balaban J connectivity index is 1.48. The van der Waals surface area contributed by atoms with E-state index < -0.39 is 8.25 Å². The maximum absolute atomic E-state index is 10.5. The van der Waals surface area contributed by atoms with E-state index in [-0.39, 0.29) is 6.61 Å². The Morgan fingerprint density at radius 3 is 2.72 bits per heavy atom. The van der Waals surface area contributed by atoms with Crippen molar-refractivity contribution in [2.75, 3.05) is 13.2 Å². The number of pyridine rings is 1. The van der Waals surface area contributed by atoms with Gasteiger partial charge in [0, 0.05) is 30.1 Å². The molecule has 1 aromatic heterocycles. The van der Waals surface area contributed by atoms with Crippen LogP contribution in [0, 0.1) is 11.8 Å². The average molecular weight is 451 g/mol. The van der Waals surface area contributed by atoms with Gasteiger partial charge in [-0.05, 0) is 55.5 Å². The van der Waals surface area contributed by atoms with Crippen LogP contribution in [0.25, 0.3) is 10.9 Å². The number of nitrogens with zero attached hydrogens (tertiary/aromatic N) is 1. The Morgan fingerprint density at radius 2 is 1.88 bits per heavy atom. The maximum Gasteiger partial charge on any atom is 0.316 e. The van der Waals surface area contributed by atoms with Crippen LogP contribution >= 0.6 is 8.25 Å². The zero-order valence-corrected chi connectivity index (χ0v) is 19.3. The third-order valence-electron chi connectivity index (χ3n) is 5.23. The molecule has 2 aromatic carbocycles. The number of unbranched alkanes of at least 4 members (excludes halogenated alkanes) is 3. The Hall–Kier alpha value is -2.48. The van der Waals surface area contributed by atoms with Crippen LogP contribution in [0.1, 0.15) is 48.8 Å². The van der Waals surface area contributed by atoms with Crippen molar-refractivity contribution in [3.05, 3.63) is 77.5 Å². The van der Waals surface area contributed by atoms with Gasteiger partial charge in [-0.15, -0.1) is 0 Å². The number of hydrogen-bond acceptors (Lipinski definition) is 4. The van der Waals surface area contributed by atoms with E-state index in [1.54, 1.807) is 0 Å². The molecule has 0 aliphatic rings. The summed E-state index contributed by atoms with van der Waals surface area (Å²) < 4.78 is 15.3. The van der Waals surface area contributed by atoms with Crippen molar-refractivity contribution in [2.24, 2.45) is 0 Å². The van der Waals surface area contributed by atoms with E-state index in [1.165, 1.54) is 18.4 Å². The summed E-state index contributed by atoms with van der Waals surface area (Å²) >= 11 is 0. The lowest BCUT2D eigenvalue weighted by Gasteiger charge is -2.09. The van der Waals surface area contributed by atoms with Gasteiger partial charge in [0.2, 0.25) is 0 Å². The minimum atomic E-state index is -2.83. The highest BCUT2D eigenvalue weighted by Crippen LogP contribution is 2.20. The molecule has 0 aliphatic carbocycles. The van der Waals surface area contributed by atoms with Crippen LogP contribution in [-0.4, -0.2) is 23.0 Å². The molecule has 0 aliphatic heterocycles. The summed E-state index contributed by atoms with van der Waals surface area (Å²) in [6, 6.07) is 18.8. The second-order valence-electron chi connectivity index (χ2n) is 7.66. The molecule has 3 aromatic rings. The lowest BCUT2D eigenvalue weighted by molar-refractivity contribution is 0.276. The average Bonchev–Trinajstić information content (AvgIpc) is 2.82. The van der Waals surface area contributed by atoms with Crippen LogP contribution in [0.3, 0.4) is 0 Å². The summed E-state index contributed by atoms with van der Waals surface area (Å²) in [5.74, 6) is 6.68. The van der Waals surface area contributed by atoms with Crippen molar-refractivity contribution in [2.45, 2.75) is 45.1 Å². The van der Waals surface area contributed by atoms with Crippen LogP contribution in [0.2, 0.25) is 0 Å². The van der Waals surface area contributed by atoms with E-state index in [9.17, 15) is 4.57 Å². The molecule has 32 heavy (non-hydrogen) atoms. The second kappa shape index (κ2) is 13.8. The Labute approximate surface area is 191 Å². The predicted molar refractivity (Wildman–Crippen MR) is 131 cm³/mol. The van der Waals surface area contributed by atoms with Crippen molar-refractivity contribution in [1.29, 1.82) is 0 Å². The molecule has 0 fully saturated rings. The van der Waals surface area contributed by atoms with E-state index >= 15 is 0 Å². The number of aromatic nitrogens is 1. The number of hydrogen-bond donors (Lipinski definition) is 2. The van der Waals surface area contributed by atoms with E-state index in [4.69, 9.17) is 9.42 Å². The molecule has 168 valence electrons. The van der Waals surface area contributed by atoms with Crippen molar-refractivity contribution in [3.8, 4) is 11.8 Å². The first kappa shape index (κ1) is 24.2. The van der Waals surface area contributed by atoms with Crippen LogP contribution in [0.15, 0.2) is 60.8 Å². The summed E-state index contributed by atoms with van der Waals surface area (Å²) in [6.45, 7) is 1.66. The molecule has 0 spiro atoms. The molecule has 0 amide bonds. The molecule has 1 heterocycles. The van der Waals surface area contributed by atoms with Crippen molar-refractivity contribution >= 4 is 19.2 Å². The minimum Gasteiger partial charge on any atom is -0.326 e. The van der Waals surface area contributed by atoms with Gasteiger partial charge >= 0.3 is 8.25 Å². The highest BCUT2D eigenvalue weighted by Gasteiger charge is 2.05. The number of nitrogens with one attached hydrogen (secondary N) is 1. The number of aryl methyl sites for hydroxylation is 1. The lowest BCUT2D eigenvalue weighted by Crippen LogP contribution is -2.16. The van der Waals surface area contributed by atoms with Gasteiger partial charge in [-0.25, -0.2) is 0 Å². The highest BCUT2D eigenvalue weighted by molar-refractivity contribution is 7.32. The molecule has 0 saturated carbocycles. The zero-order valence-electron chi connectivity index (χ0n) is 18.3. The highest BCUT2D eigenvalue weighted by atomic mass is 31.1. The fourth-order valence-corrected chi connectivity index (χ4v) is 3.90. The minimum absolute atomic E-state index is 0.279. The third kappa shape index (κ3) is 8.22. The third-order valence-corrected chi connectivity index (χ3v) is 5.68. The van der Waals surface area contributed by atoms with E-state index in [2.05, 4.69) is 70.7 Å². The number of rotatable bonds is 12. The topological polar surface area (TPSA) is 71.5 Å². The summed E-state index contributed by atoms with van der Waals surface area (Å²) in [7, 11) is -2.83. The van der Waals surface area contributed by atoms with Crippen molar-refractivity contribution < 1.29 is 14.0 Å². The molecule has 1 atom stereocenters. The normalized spacial score (nSPS) is 11.8. The Bertz CT molecular complexity index is 1060. The predicted octanol–water partition coefficient (Wildman–Crippen LogP) is 5.27. The molecular formula is C26H31N2O3P. The fourth-order valence-electron chi connectivity index (χ4n) is 3.58. The van der Waals surface area contributed by atoms with E-state index in [1.807, 2.05) is 12.3 Å². The van der Waals surface area contributed by atoms with Crippen LogP contribution < -0.4 is 5.32 Å². The molecular weight excluding hydrogens is 419 g/mol. The van der Waals surface area contributed by atoms with E-state index in [0.717, 1.165) is 41.3 Å². The first-order valence-electron chi connectivity index (χ1n) is 11.2. The zero-order chi connectivity index (χ0) is 22.4. The fraction of sp³-hybridized carbons (Fsp3) is 0.346. The van der Waals surface area contributed by atoms with Crippen molar-refractivity contribution in [3.63, 3.8) is 0 Å². The maximum atomic E-state index is 10.5. The molecule has 5 nitrogen and oxygen atoms in total. The quantitative estimate of drug-likeness (QED) is 0.224. The summed E-state index contributed by atoms with van der Waals surface area (Å²) in [5.41, 5.74) is 4.50. The van der Waals surface area contributed by atoms with Crippen molar-refractivity contribution in [1.82, 2.24) is 10.3 Å². The van der Waals surface area contributed by atoms with Gasteiger partial charge in [-0.2, -0.15) is 0 Å². The molecule has 2 N–H and O–H groups in total. The number of fused-ring (bicyclic) bond motifs is 1. The molecule has 1 unspecified atom stereocenters. The Morgan fingerprint density at radius 1 is 1.00 bits per heavy atom. The van der Waals surface area contributed by atoms with Gasteiger partial charge in [0.25, 0.3) is 0 Å². The molecule has 6 heteroatoms. The van der Waals surface area contributed by atoms with Crippen LogP contribution in [0.5, 0.6) is 0 Å². The molecule has 0 radical (unpaired) electrons. The monoisotopic (exact) mass is 450 g/mol. The van der Waals surface area contributed by atoms with Gasteiger partial charge in [0.1, 0.15) is 0 Å². The van der Waals surface area contributed by atoms with Gasteiger partial charge in [-0.1, -0.05) is 60.7 Å². The molecule has 0 saturated heterocycles. The van der Waals surface area contributed by atoms with Gasteiger partial charge in [0.05, 0.1) is 12.1 Å². The molecule has 0 bridgehead atoms. The molecule has 3 rings (SSSR count). The SMILES string of the molecule is O=[PH](O)OCCCNCc1ccc(C#CCCCCCc2ccccc2)c2cccnc12. The van der Waals surface area contributed by atoms with Crippen LogP contribution in [-0.2, 0) is 22.1 Å². The Kier molecular flexibility index (Phi) is 10.4. The van der Waals surface area contributed by atoms with Crippen LogP contribution in [0.4, 0.5) is 0 Å². The second-order valence-corrected chi connectivity index (χ2v) is 8.49. The smallest absolute Gasteiger partial charge is 0.316 e. The standard InChI is InChI=1S/C26H31N2O3P/c29-32(30)31-20-10-18-27-21-24-17-16-23(25-15-9-19-28-26(24)25)14-8-3-1-2-5-11-22-12-6-4-7-13-22/h4,6-7,9,12-13,15-17,19,27,32H,1-3,5,10-11,18,20-21H2,(H,29,30). The largest absolute Gasteiger partial charge is 0.326 e. The van der Waals surface area contributed by atoms with E-state index in [0.29, 0.717) is 19.5 Å².